The van der Waals surface area contributed by atoms with Crippen LogP contribution in [0.5, 0.6) is 0 Å². The molecule has 0 amide bonds. The van der Waals surface area contributed by atoms with Gasteiger partial charge in [-0.15, -0.1) is 11.6 Å². The van der Waals surface area contributed by atoms with Crippen molar-refractivity contribution >= 4 is 23.4 Å². The van der Waals surface area contributed by atoms with Crippen molar-refractivity contribution in [3.05, 3.63) is 0 Å². The molecule has 2 heteroatoms. The normalized spacial score (nSPS) is 29.5. The molecule has 1 saturated carbocycles. The van der Waals surface area contributed by atoms with Crippen LogP contribution in [0.25, 0.3) is 0 Å². The molecule has 1 fully saturated rings. The quantitative estimate of drug-likeness (QED) is 0.403. The van der Waals surface area contributed by atoms with Gasteiger partial charge in [-0.3, -0.25) is 0 Å². The Morgan fingerprint density at radius 3 is 2.47 bits per heavy atom. The molecule has 102 valence electrons. The summed E-state index contributed by atoms with van der Waals surface area (Å²) in [5.74, 6) is 4.45. The van der Waals surface area contributed by atoms with E-state index >= 15 is 0 Å². The Bertz CT molecular complexity index is 185. The zero-order valence-corrected chi connectivity index (χ0v) is 13.2. The fraction of sp³-hybridized carbons (Fsp3) is 1.00. The van der Waals surface area contributed by atoms with Gasteiger partial charge in [-0.2, -0.15) is 11.8 Å². The second-order valence-electron chi connectivity index (χ2n) is 5.67. The molecule has 0 heterocycles. The van der Waals surface area contributed by atoms with E-state index < -0.39 is 0 Å². The summed E-state index contributed by atoms with van der Waals surface area (Å²) in [6, 6.07) is 0. The predicted molar refractivity (Wildman–Crippen MR) is 82.3 cm³/mol. The molecule has 1 rings (SSSR count). The lowest BCUT2D eigenvalue weighted by Gasteiger charge is -2.39. The van der Waals surface area contributed by atoms with Crippen LogP contribution in [0.4, 0.5) is 0 Å². The molecule has 0 aromatic carbocycles. The molecule has 0 N–H and O–H groups in total. The van der Waals surface area contributed by atoms with Gasteiger partial charge in [0.15, 0.2) is 0 Å². The van der Waals surface area contributed by atoms with Crippen LogP contribution in [0.15, 0.2) is 0 Å². The number of alkyl halides is 1. The van der Waals surface area contributed by atoms with Crippen molar-refractivity contribution < 1.29 is 0 Å². The molecule has 17 heavy (non-hydrogen) atoms. The van der Waals surface area contributed by atoms with Crippen molar-refractivity contribution in [2.75, 3.05) is 17.4 Å². The molecule has 0 radical (unpaired) electrons. The van der Waals surface area contributed by atoms with E-state index in [9.17, 15) is 0 Å². The highest BCUT2D eigenvalue weighted by Crippen LogP contribution is 2.44. The third kappa shape index (κ3) is 5.42. The first kappa shape index (κ1) is 15.7. The Morgan fingerprint density at radius 1 is 1.24 bits per heavy atom. The van der Waals surface area contributed by atoms with Gasteiger partial charge in [0.05, 0.1) is 0 Å². The van der Waals surface area contributed by atoms with Crippen LogP contribution in [0.2, 0.25) is 0 Å². The molecule has 0 unspecified atom stereocenters. The van der Waals surface area contributed by atoms with Gasteiger partial charge in [0.2, 0.25) is 0 Å². The second-order valence-corrected chi connectivity index (χ2v) is 7.33. The Hall–Kier alpha value is 0.640. The Kier molecular flexibility index (Phi) is 8.03. The fourth-order valence-corrected chi connectivity index (χ4v) is 4.22. The van der Waals surface area contributed by atoms with Crippen molar-refractivity contribution in [3.63, 3.8) is 0 Å². The minimum atomic E-state index is 0.493. The lowest BCUT2D eigenvalue weighted by atomic mass is 9.69. The highest BCUT2D eigenvalue weighted by atomic mass is 35.5. The van der Waals surface area contributed by atoms with Gasteiger partial charge >= 0.3 is 0 Å². The van der Waals surface area contributed by atoms with Crippen LogP contribution >= 0.6 is 23.4 Å². The number of halogens is 1. The van der Waals surface area contributed by atoms with Gasteiger partial charge in [-0.1, -0.05) is 33.1 Å². The van der Waals surface area contributed by atoms with Crippen molar-refractivity contribution in [3.8, 4) is 0 Å². The summed E-state index contributed by atoms with van der Waals surface area (Å²) in [6.07, 6.45) is 11.2. The van der Waals surface area contributed by atoms with Gasteiger partial charge in [0.1, 0.15) is 0 Å². The molecular weight excluding hydrogens is 248 g/mol. The number of rotatable bonds is 8. The highest BCUT2D eigenvalue weighted by Gasteiger charge is 2.33. The highest BCUT2D eigenvalue weighted by molar-refractivity contribution is 7.99. The Morgan fingerprint density at radius 2 is 1.94 bits per heavy atom. The standard InChI is InChI=1S/C15H29ClS/c1-3-5-6-14-7-9-15(13-16,10-8-14)11-12-17-4-2/h14H,3-13H2,1-2H3. The first-order valence-corrected chi connectivity index (χ1v) is 9.09. The van der Waals surface area contributed by atoms with E-state index in [0.717, 1.165) is 11.8 Å². The number of hydrogen-bond donors (Lipinski definition) is 0. The average molecular weight is 277 g/mol. The lowest BCUT2D eigenvalue weighted by Crippen LogP contribution is -2.30. The third-order valence-corrected chi connectivity index (χ3v) is 5.86. The molecule has 0 saturated heterocycles. The molecule has 0 aromatic rings. The smallest absolute Gasteiger partial charge is 0.0280 e. The maximum absolute atomic E-state index is 6.26. The second kappa shape index (κ2) is 8.69. The van der Waals surface area contributed by atoms with Gasteiger partial charge in [-0.25, -0.2) is 0 Å². The first-order valence-electron chi connectivity index (χ1n) is 7.40. The number of hydrogen-bond acceptors (Lipinski definition) is 1. The van der Waals surface area contributed by atoms with Crippen molar-refractivity contribution in [1.82, 2.24) is 0 Å². The maximum atomic E-state index is 6.26. The van der Waals surface area contributed by atoms with E-state index in [0.29, 0.717) is 5.41 Å². The summed E-state index contributed by atoms with van der Waals surface area (Å²) >= 11 is 8.33. The monoisotopic (exact) mass is 276 g/mol. The molecule has 0 spiro atoms. The summed E-state index contributed by atoms with van der Waals surface area (Å²) < 4.78 is 0. The first-order chi connectivity index (χ1) is 8.26. The molecule has 1 aliphatic rings. The van der Waals surface area contributed by atoms with Gasteiger partial charge in [0, 0.05) is 5.88 Å². The molecule has 1 aliphatic carbocycles. The molecule has 0 aromatic heterocycles. The minimum absolute atomic E-state index is 0.493. The van der Waals surface area contributed by atoms with Crippen molar-refractivity contribution in [2.45, 2.75) is 65.2 Å². The van der Waals surface area contributed by atoms with Crippen LogP contribution < -0.4 is 0 Å². The van der Waals surface area contributed by atoms with E-state index in [4.69, 9.17) is 11.6 Å². The van der Waals surface area contributed by atoms with Gasteiger partial charge in [0.25, 0.3) is 0 Å². The largest absolute Gasteiger partial charge is 0.162 e. The van der Waals surface area contributed by atoms with Gasteiger partial charge < -0.3 is 0 Å². The van der Waals surface area contributed by atoms with E-state index in [1.165, 1.54) is 62.9 Å². The Balaban J connectivity index is 2.29. The zero-order valence-electron chi connectivity index (χ0n) is 11.6. The zero-order chi connectivity index (χ0) is 12.6. The topological polar surface area (TPSA) is 0 Å². The molecule has 0 bridgehead atoms. The SMILES string of the molecule is CCCCC1CCC(CCl)(CCSCC)CC1. The van der Waals surface area contributed by atoms with Crippen LogP contribution in [0.1, 0.15) is 65.2 Å². The van der Waals surface area contributed by atoms with Gasteiger partial charge in [-0.05, 0) is 54.9 Å². The lowest BCUT2D eigenvalue weighted by molar-refractivity contribution is 0.162. The van der Waals surface area contributed by atoms with E-state index in [1.54, 1.807) is 0 Å². The number of unbranched alkanes of at least 4 members (excludes halogenated alkanes) is 1. The van der Waals surface area contributed by atoms with Crippen molar-refractivity contribution in [2.24, 2.45) is 11.3 Å². The summed E-state index contributed by atoms with van der Waals surface area (Å²) in [7, 11) is 0. The average Bonchev–Trinajstić information content (AvgIpc) is 2.38. The van der Waals surface area contributed by atoms with E-state index in [2.05, 4.69) is 25.6 Å². The van der Waals surface area contributed by atoms with Crippen LogP contribution in [0.3, 0.4) is 0 Å². The maximum Gasteiger partial charge on any atom is 0.0280 e. The van der Waals surface area contributed by atoms with E-state index in [-0.39, 0.29) is 0 Å². The molecule has 0 atom stereocenters. The molecule has 0 aliphatic heterocycles. The number of thioether (sulfide) groups is 1. The van der Waals surface area contributed by atoms with E-state index in [1.807, 2.05) is 0 Å². The van der Waals surface area contributed by atoms with Crippen LogP contribution in [-0.2, 0) is 0 Å². The molecular formula is C15H29ClS. The summed E-state index contributed by atoms with van der Waals surface area (Å²) in [6.45, 7) is 4.55. The van der Waals surface area contributed by atoms with Crippen molar-refractivity contribution in [1.29, 1.82) is 0 Å². The fourth-order valence-electron chi connectivity index (χ4n) is 2.95. The third-order valence-electron chi connectivity index (χ3n) is 4.40. The minimum Gasteiger partial charge on any atom is -0.162 e. The predicted octanol–water partition coefficient (Wildman–Crippen LogP) is 5.74. The van der Waals surface area contributed by atoms with Crippen LogP contribution in [-0.4, -0.2) is 17.4 Å². The summed E-state index contributed by atoms with van der Waals surface area (Å²) in [5.41, 5.74) is 0.493. The summed E-state index contributed by atoms with van der Waals surface area (Å²) in [4.78, 5) is 0. The van der Waals surface area contributed by atoms with Crippen LogP contribution in [0, 0.1) is 11.3 Å². The summed E-state index contributed by atoms with van der Waals surface area (Å²) in [5, 5.41) is 0. The molecule has 0 nitrogen and oxygen atoms in total. The Labute approximate surface area is 117 Å².